The average molecular weight is 369 g/mol. The number of nitrogens with zero attached hydrogens (tertiary/aromatic N) is 2. The van der Waals surface area contributed by atoms with Gasteiger partial charge in [0.1, 0.15) is 0 Å². The number of nitrogens with one attached hydrogen (secondary N) is 1. The maximum Gasteiger partial charge on any atom is 0.193 e. The van der Waals surface area contributed by atoms with Gasteiger partial charge < -0.3 is 10.2 Å². The molecule has 0 bridgehead atoms. The zero-order valence-electron chi connectivity index (χ0n) is 11.3. The van der Waals surface area contributed by atoms with Gasteiger partial charge in [0, 0.05) is 26.2 Å². The Morgan fingerprint density at radius 1 is 1.39 bits per heavy atom. The molecule has 2 rings (SSSR count). The van der Waals surface area contributed by atoms with E-state index in [1.165, 1.54) is 25.7 Å². The lowest BCUT2D eigenvalue weighted by atomic mass is 9.68. The van der Waals surface area contributed by atoms with Crippen LogP contribution in [0.25, 0.3) is 0 Å². The molecule has 0 aromatic carbocycles. The summed E-state index contributed by atoms with van der Waals surface area (Å²) < 4.78 is 12.1. The lowest BCUT2D eigenvalue weighted by molar-refractivity contribution is 0.151. The lowest BCUT2D eigenvalue weighted by Crippen LogP contribution is -2.42. The zero-order chi connectivity index (χ0) is 12.1. The molecule has 2 aliphatic rings. The third kappa shape index (κ3) is 3.71. The summed E-state index contributed by atoms with van der Waals surface area (Å²) in [4.78, 5) is 6.86. The van der Waals surface area contributed by atoms with Crippen LogP contribution in [0, 0.1) is 5.41 Å². The number of guanidine groups is 1. The van der Waals surface area contributed by atoms with Gasteiger partial charge in [-0.1, -0.05) is 6.42 Å². The summed E-state index contributed by atoms with van der Waals surface area (Å²) in [6.07, 6.45) is 6.00. The first-order chi connectivity index (χ1) is 8.29. The molecule has 106 valence electrons. The third-order valence-corrected chi connectivity index (χ3v) is 4.04. The number of hydrogen-bond acceptors (Lipinski definition) is 1. The minimum atomic E-state index is -0.271. The predicted octanol–water partition coefficient (Wildman–Crippen LogP) is 2.81. The van der Waals surface area contributed by atoms with E-state index in [9.17, 15) is 4.39 Å². The molecule has 0 aromatic heterocycles. The van der Waals surface area contributed by atoms with Crippen molar-refractivity contribution in [2.45, 2.75) is 39.0 Å². The molecule has 0 atom stereocenters. The molecule has 18 heavy (non-hydrogen) atoms. The number of rotatable bonds is 4. The molecule has 1 N–H and O–H groups in total. The monoisotopic (exact) mass is 369 g/mol. The van der Waals surface area contributed by atoms with Crippen molar-refractivity contribution in [1.29, 1.82) is 0 Å². The lowest BCUT2D eigenvalue weighted by Gasteiger charge is -2.38. The van der Waals surface area contributed by atoms with Crippen molar-refractivity contribution in [2.75, 3.05) is 32.9 Å². The Balaban J connectivity index is 0.00000162. The summed E-state index contributed by atoms with van der Waals surface area (Å²) >= 11 is 0. The maximum atomic E-state index is 12.1. The summed E-state index contributed by atoms with van der Waals surface area (Å²) in [6, 6.07) is 0. The number of alkyl halides is 1. The van der Waals surface area contributed by atoms with Crippen LogP contribution >= 0.6 is 24.0 Å². The van der Waals surface area contributed by atoms with Crippen LogP contribution in [0.4, 0.5) is 4.39 Å². The van der Waals surface area contributed by atoms with Gasteiger partial charge in [0.25, 0.3) is 0 Å². The van der Waals surface area contributed by atoms with E-state index >= 15 is 0 Å². The molecule has 1 saturated carbocycles. The van der Waals surface area contributed by atoms with Crippen LogP contribution in [0.3, 0.4) is 0 Å². The Morgan fingerprint density at radius 2 is 2.17 bits per heavy atom. The minimum absolute atomic E-state index is 0. The van der Waals surface area contributed by atoms with E-state index in [2.05, 4.69) is 22.1 Å². The van der Waals surface area contributed by atoms with Gasteiger partial charge in [-0.2, -0.15) is 0 Å². The fraction of sp³-hybridized carbons (Fsp3) is 0.923. The molecule has 1 saturated heterocycles. The number of hydrogen-bond donors (Lipinski definition) is 1. The predicted molar refractivity (Wildman–Crippen MR) is 84.5 cm³/mol. The van der Waals surface area contributed by atoms with Gasteiger partial charge in [0.15, 0.2) is 5.96 Å². The number of aliphatic imine (C=N–C) groups is 1. The van der Waals surface area contributed by atoms with Crippen molar-refractivity contribution in [3.63, 3.8) is 0 Å². The van der Waals surface area contributed by atoms with E-state index in [1.807, 2.05) is 0 Å². The highest BCUT2D eigenvalue weighted by Crippen LogP contribution is 2.47. The highest BCUT2D eigenvalue weighted by atomic mass is 127. The molecule has 2 fully saturated rings. The smallest absolute Gasteiger partial charge is 0.193 e. The van der Waals surface area contributed by atoms with E-state index in [1.54, 1.807) is 0 Å². The van der Waals surface area contributed by atoms with Crippen molar-refractivity contribution < 1.29 is 4.39 Å². The molecule has 1 aliphatic carbocycles. The second-order valence-corrected chi connectivity index (χ2v) is 5.30. The number of likely N-dealkylation sites (tertiary alicyclic amines) is 1. The second-order valence-electron chi connectivity index (χ2n) is 5.30. The van der Waals surface area contributed by atoms with Crippen molar-refractivity contribution in [1.82, 2.24) is 10.2 Å². The molecule has 0 unspecified atom stereocenters. The molecule has 1 spiro atoms. The molecule has 1 heterocycles. The van der Waals surface area contributed by atoms with Gasteiger partial charge in [-0.25, -0.2) is 0 Å². The normalized spacial score (nSPS) is 21.7. The van der Waals surface area contributed by atoms with Crippen LogP contribution in [-0.4, -0.2) is 43.7 Å². The number of halogens is 2. The van der Waals surface area contributed by atoms with Crippen molar-refractivity contribution >= 4 is 29.9 Å². The molecule has 1 aliphatic heterocycles. The summed E-state index contributed by atoms with van der Waals surface area (Å²) in [7, 11) is 0. The fourth-order valence-corrected chi connectivity index (χ4v) is 2.87. The highest BCUT2D eigenvalue weighted by molar-refractivity contribution is 14.0. The van der Waals surface area contributed by atoms with Gasteiger partial charge >= 0.3 is 0 Å². The minimum Gasteiger partial charge on any atom is -0.357 e. The third-order valence-electron chi connectivity index (χ3n) is 4.04. The van der Waals surface area contributed by atoms with Crippen LogP contribution in [0.2, 0.25) is 0 Å². The zero-order valence-corrected chi connectivity index (χ0v) is 13.6. The molecule has 0 radical (unpaired) electrons. The van der Waals surface area contributed by atoms with Crippen molar-refractivity contribution in [2.24, 2.45) is 10.4 Å². The van der Waals surface area contributed by atoms with Crippen LogP contribution < -0.4 is 5.32 Å². The van der Waals surface area contributed by atoms with E-state index in [4.69, 9.17) is 0 Å². The van der Waals surface area contributed by atoms with Crippen LogP contribution in [-0.2, 0) is 0 Å². The van der Waals surface area contributed by atoms with Crippen molar-refractivity contribution in [3.8, 4) is 0 Å². The summed E-state index contributed by atoms with van der Waals surface area (Å²) in [5.41, 5.74) is 0.594. The van der Waals surface area contributed by atoms with Gasteiger partial charge in [-0.15, -0.1) is 24.0 Å². The maximum absolute atomic E-state index is 12.1. The quantitative estimate of drug-likeness (QED) is 0.357. The summed E-state index contributed by atoms with van der Waals surface area (Å²) in [5, 5.41) is 3.32. The Labute approximate surface area is 127 Å². The molecular formula is C13H25FIN3. The van der Waals surface area contributed by atoms with E-state index in [-0.39, 0.29) is 30.7 Å². The van der Waals surface area contributed by atoms with E-state index in [0.29, 0.717) is 18.4 Å². The Hall–Kier alpha value is -0.0700. The van der Waals surface area contributed by atoms with E-state index < -0.39 is 0 Å². The first-order valence-corrected chi connectivity index (χ1v) is 6.89. The van der Waals surface area contributed by atoms with Gasteiger partial charge in [0.05, 0.1) is 6.67 Å². The summed E-state index contributed by atoms with van der Waals surface area (Å²) in [5.74, 6) is 0.990. The molecule has 0 amide bonds. The second kappa shape index (κ2) is 7.50. The Bertz CT molecular complexity index is 279. The molecule has 5 heteroatoms. The van der Waals surface area contributed by atoms with Crippen LogP contribution in [0.15, 0.2) is 4.99 Å². The Morgan fingerprint density at radius 3 is 2.67 bits per heavy atom. The van der Waals surface area contributed by atoms with Crippen LogP contribution in [0.5, 0.6) is 0 Å². The highest BCUT2D eigenvalue weighted by Gasteiger charge is 2.43. The molecule has 0 aromatic rings. The van der Waals surface area contributed by atoms with Crippen LogP contribution in [0.1, 0.15) is 39.0 Å². The average Bonchev–Trinajstić information content (AvgIpc) is 2.73. The van der Waals surface area contributed by atoms with Crippen molar-refractivity contribution in [3.05, 3.63) is 0 Å². The summed E-state index contributed by atoms with van der Waals surface area (Å²) in [6.45, 7) is 5.56. The Kier molecular flexibility index (Phi) is 6.66. The molecule has 3 nitrogen and oxygen atoms in total. The SMILES string of the molecule is CCNC(=NCCCF)N1CCC2(CCC2)C1.I. The largest absolute Gasteiger partial charge is 0.357 e. The first kappa shape index (κ1) is 16.0. The van der Waals surface area contributed by atoms with Gasteiger partial charge in [-0.3, -0.25) is 9.38 Å². The standard InChI is InChI=1S/C13H24FN3.HI/c1-2-15-12(16-9-4-8-14)17-10-7-13(11-17)5-3-6-13;/h2-11H2,1H3,(H,15,16);1H. The molecular weight excluding hydrogens is 344 g/mol. The van der Waals surface area contributed by atoms with Gasteiger partial charge in [-0.05, 0) is 38.0 Å². The first-order valence-electron chi connectivity index (χ1n) is 6.89. The fourth-order valence-electron chi connectivity index (χ4n) is 2.87. The topological polar surface area (TPSA) is 27.6 Å². The van der Waals surface area contributed by atoms with E-state index in [0.717, 1.165) is 25.6 Å². The van der Waals surface area contributed by atoms with Gasteiger partial charge in [0.2, 0.25) is 0 Å².